The molecule has 1 fully saturated rings. The number of carboxylic acids is 1. The normalized spacial score (nSPS) is 31.4. The minimum atomic E-state index is -0.960. The molecule has 0 saturated carbocycles. The highest BCUT2D eigenvalue weighted by Gasteiger charge is 2.25. The van der Waals surface area contributed by atoms with Crippen molar-refractivity contribution in [3.63, 3.8) is 0 Å². The maximum absolute atomic E-state index is 10.5. The zero-order valence-electron chi connectivity index (χ0n) is 8.44. The van der Waals surface area contributed by atoms with Gasteiger partial charge in [0.15, 0.2) is 0 Å². The third kappa shape index (κ3) is 3.44. The molecule has 1 aliphatic rings. The summed E-state index contributed by atoms with van der Waals surface area (Å²) in [5.41, 5.74) is 0. The molecule has 14 heavy (non-hydrogen) atoms. The van der Waals surface area contributed by atoms with E-state index in [1.54, 1.807) is 0 Å². The smallest absolute Gasteiger partial charge is 0.322 e. The molecule has 0 bridgehead atoms. The largest absolute Gasteiger partial charge is 0.480 e. The quantitative estimate of drug-likeness (QED) is 0.716. The molecule has 0 radical (unpaired) electrons. The Hall–Kier alpha value is -0.320. The lowest BCUT2D eigenvalue weighted by Crippen LogP contribution is -2.48. The fraction of sp³-hybridized carbons (Fsp3) is 0.889. The fourth-order valence-corrected chi connectivity index (χ4v) is 1.93. The maximum Gasteiger partial charge on any atom is 0.322 e. The van der Waals surface area contributed by atoms with Gasteiger partial charge in [0.25, 0.3) is 0 Å². The average molecular weight is 222 g/mol. The third-order valence-corrected chi connectivity index (χ3v) is 2.51. The summed E-state index contributed by atoms with van der Waals surface area (Å²) in [5, 5.41) is 7.83. The Bertz CT molecular complexity index is 202. The zero-order valence-corrected chi connectivity index (χ0v) is 9.20. The van der Waals surface area contributed by atoms with Gasteiger partial charge in [0.1, 0.15) is 5.38 Å². The van der Waals surface area contributed by atoms with E-state index in [-0.39, 0.29) is 12.2 Å². The van der Waals surface area contributed by atoms with Crippen molar-refractivity contribution in [2.45, 2.75) is 31.4 Å². The summed E-state index contributed by atoms with van der Waals surface area (Å²) in [5.74, 6) is -0.960. The first-order valence-corrected chi connectivity index (χ1v) is 5.17. The molecular formula is C9H16ClNO3. The second-order valence-electron chi connectivity index (χ2n) is 3.78. The summed E-state index contributed by atoms with van der Waals surface area (Å²) in [4.78, 5) is 12.6. The molecule has 3 unspecified atom stereocenters. The number of hydrogen-bond acceptors (Lipinski definition) is 3. The lowest BCUT2D eigenvalue weighted by Gasteiger charge is -2.35. The van der Waals surface area contributed by atoms with Gasteiger partial charge in [0.2, 0.25) is 0 Å². The van der Waals surface area contributed by atoms with Gasteiger partial charge in [-0.05, 0) is 13.8 Å². The van der Waals surface area contributed by atoms with Crippen LogP contribution in [0.3, 0.4) is 0 Å². The molecular weight excluding hydrogens is 206 g/mol. The van der Waals surface area contributed by atoms with E-state index >= 15 is 0 Å². The maximum atomic E-state index is 10.5. The topological polar surface area (TPSA) is 49.8 Å². The molecule has 0 aromatic carbocycles. The lowest BCUT2D eigenvalue weighted by atomic mass is 10.2. The van der Waals surface area contributed by atoms with E-state index in [0.717, 1.165) is 13.1 Å². The van der Waals surface area contributed by atoms with E-state index in [1.807, 2.05) is 18.7 Å². The number of ether oxygens (including phenoxy) is 1. The summed E-state index contributed by atoms with van der Waals surface area (Å²) in [7, 11) is 0. The van der Waals surface area contributed by atoms with Gasteiger partial charge < -0.3 is 9.84 Å². The first kappa shape index (κ1) is 11.8. The van der Waals surface area contributed by atoms with Gasteiger partial charge in [-0.3, -0.25) is 9.69 Å². The van der Waals surface area contributed by atoms with Gasteiger partial charge in [0, 0.05) is 19.6 Å². The Labute approximate surface area is 88.8 Å². The number of alkyl halides is 1. The minimum Gasteiger partial charge on any atom is -0.480 e. The molecule has 1 aliphatic heterocycles. The molecule has 0 aromatic heterocycles. The summed E-state index contributed by atoms with van der Waals surface area (Å²) < 4.78 is 5.53. The van der Waals surface area contributed by atoms with E-state index in [1.165, 1.54) is 0 Å². The fourth-order valence-electron chi connectivity index (χ4n) is 1.74. The van der Waals surface area contributed by atoms with Crippen molar-refractivity contribution >= 4 is 17.6 Å². The van der Waals surface area contributed by atoms with Gasteiger partial charge in [-0.2, -0.15) is 0 Å². The molecule has 1 N–H and O–H groups in total. The Morgan fingerprint density at radius 3 is 2.50 bits per heavy atom. The Morgan fingerprint density at radius 2 is 2.07 bits per heavy atom. The van der Waals surface area contributed by atoms with Crippen LogP contribution in [0.5, 0.6) is 0 Å². The van der Waals surface area contributed by atoms with Crippen molar-refractivity contribution in [2.75, 3.05) is 19.6 Å². The van der Waals surface area contributed by atoms with Crippen LogP contribution in [-0.4, -0.2) is 53.2 Å². The molecule has 5 heteroatoms. The van der Waals surface area contributed by atoms with Gasteiger partial charge in [-0.15, -0.1) is 11.6 Å². The van der Waals surface area contributed by atoms with Crippen molar-refractivity contribution in [2.24, 2.45) is 0 Å². The van der Waals surface area contributed by atoms with E-state index < -0.39 is 11.3 Å². The average Bonchev–Trinajstić information content (AvgIpc) is 2.01. The highest BCUT2D eigenvalue weighted by molar-refractivity contribution is 6.29. The number of halogens is 1. The molecule has 4 nitrogen and oxygen atoms in total. The highest BCUT2D eigenvalue weighted by atomic mass is 35.5. The van der Waals surface area contributed by atoms with Crippen LogP contribution in [-0.2, 0) is 9.53 Å². The molecule has 1 rings (SSSR count). The van der Waals surface area contributed by atoms with Gasteiger partial charge in [0.05, 0.1) is 12.2 Å². The number of hydrogen-bond donors (Lipinski definition) is 1. The highest BCUT2D eigenvalue weighted by Crippen LogP contribution is 2.12. The van der Waals surface area contributed by atoms with Crippen LogP contribution in [0.25, 0.3) is 0 Å². The van der Waals surface area contributed by atoms with Crippen LogP contribution < -0.4 is 0 Å². The van der Waals surface area contributed by atoms with E-state index in [4.69, 9.17) is 21.4 Å². The zero-order chi connectivity index (χ0) is 10.7. The first-order valence-electron chi connectivity index (χ1n) is 4.73. The lowest BCUT2D eigenvalue weighted by molar-refractivity contribution is -0.137. The third-order valence-electron chi connectivity index (χ3n) is 2.18. The van der Waals surface area contributed by atoms with Crippen molar-refractivity contribution in [1.29, 1.82) is 0 Å². The minimum absolute atomic E-state index is 0.149. The Kier molecular flexibility index (Phi) is 4.16. The van der Waals surface area contributed by atoms with E-state index in [2.05, 4.69) is 0 Å². The van der Waals surface area contributed by atoms with E-state index in [0.29, 0.717) is 6.54 Å². The van der Waals surface area contributed by atoms with Crippen molar-refractivity contribution in [3.05, 3.63) is 0 Å². The van der Waals surface area contributed by atoms with Crippen LogP contribution in [0, 0.1) is 0 Å². The molecule has 1 saturated heterocycles. The predicted molar refractivity (Wildman–Crippen MR) is 53.7 cm³/mol. The van der Waals surface area contributed by atoms with Gasteiger partial charge in [-0.1, -0.05) is 0 Å². The summed E-state index contributed by atoms with van der Waals surface area (Å²) in [6.07, 6.45) is 0.299. The Morgan fingerprint density at radius 1 is 1.57 bits per heavy atom. The molecule has 0 aromatic rings. The van der Waals surface area contributed by atoms with Crippen molar-refractivity contribution < 1.29 is 14.6 Å². The van der Waals surface area contributed by atoms with Crippen LogP contribution in [0.4, 0.5) is 0 Å². The summed E-state index contributed by atoms with van der Waals surface area (Å²) in [6, 6.07) is 0. The standard InChI is InChI=1S/C9H16ClNO3/c1-6-3-11(4-7(2)14-6)5-8(10)9(12)13/h6-8H,3-5H2,1-2H3,(H,12,13). The van der Waals surface area contributed by atoms with Crippen LogP contribution in [0.1, 0.15) is 13.8 Å². The Balaban J connectivity index is 2.40. The molecule has 0 amide bonds. The molecule has 1 heterocycles. The number of carbonyl (C=O) groups is 1. The van der Waals surface area contributed by atoms with Crippen LogP contribution in [0.2, 0.25) is 0 Å². The number of nitrogens with zero attached hydrogens (tertiary/aromatic N) is 1. The number of aliphatic carboxylic acids is 1. The van der Waals surface area contributed by atoms with E-state index in [9.17, 15) is 4.79 Å². The summed E-state index contributed by atoms with van der Waals surface area (Å²) >= 11 is 5.66. The monoisotopic (exact) mass is 221 g/mol. The van der Waals surface area contributed by atoms with Gasteiger partial charge >= 0.3 is 5.97 Å². The van der Waals surface area contributed by atoms with Crippen molar-refractivity contribution in [3.8, 4) is 0 Å². The van der Waals surface area contributed by atoms with Crippen LogP contribution in [0.15, 0.2) is 0 Å². The molecule has 0 aliphatic carbocycles. The summed E-state index contributed by atoms with van der Waals surface area (Å²) in [6.45, 7) is 5.84. The number of morpholine rings is 1. The SMILES string of the molecule is CC1CN(CC(Cl)C(=O)O)CC(C)O1. The molecule has 0 spiro atoms. The molecule has 3 atom stereocenters. The van der Waals surface area contributed by atoms with Crippen molar-refractivity contribution in [1.82, 2.24) is 4.90 Å². The van der Waals surface area contributed by atoms with Gasteiger partial charge in [-0.25, -0.2) is 0 Å². The predicted octanol–water partition coefficient (Wildman–Crippen LogP) is 0.788. The van der Waals surface area contributed by atoms with Crippen LogP contribution >= 0.6 is 11.6 Å². The molecule has 82 valence electrons. The number of rotatable bonds is 3. The second-order valence-corrected chi connectivity index (χ2v) is 4.31. The second kappa shape index (κ2) is 4.96. The first-order chi connectivity index (χ1) is 6.49. The number of carboxylic acid groups (broad SMARTS) is 1.